The predicted molar refractivity (Wildman–Crippen MR) is 110 cm³/mol. The lowest BCUT2D eigenvalue weighted by Crippen LogP contribution is -2.26. The van der Waals surface area contributed by atoms with Gasteiger partial charge in [-0.3, -0.25) is 14.4 Å². The molecule has 0 atom stereocenters. The zero-order valence-corrected chi connectivity index (χ0v) is 16.1. The maximum Gasteiger partial charge on any atom is 0.270 e. The number of rotatable bonds is 6. The molecule has 3 aromatic rings. The molecule has 0 unspecified atom stereocenters. The van der Waals surface area contributed by atoms with Crippen LogP contribution < -0.4 is 9.62 Å². The van der Waals surface area contributed by atoms with E-state index >= 15 is 0 Å². The van der Waals surface area contributed by atoms with Gasteiger partial charge in [-0.1, -0.05) is 24.3 Å². The van der Waals surface area contributed by atoms with Gasteiger partial charge in [0.2, 0.25) is 0 Å². The highest BCUT2D eigenvalue weighted by Crippen LogP contribution is 2.28. The highest BCUT2D eigenvalue weighted by molar-refractivity contribution is 7.92. The van der Waals surface area contributed by atoms with Gasteiger partial charge in [-0.2, -0.15) is 5.26 Å². The summed E-state index contributed by atoms with van der Waals surface area (Å²) < 4.78 is 27.1. The zero-order chi connectivity index (χ0) is 21.0. The fraction of sp³-hybridized carbons (Fsp3) is 0.0500. The molecule has 0 aliphatic rings. The molecule has 0 amide bonds. The molecule has 3 rings (SSSR count). The van der Waals surface area contributed by atoms with E-state index in [2.05, 4.69) is 5.32 Å². The summed E-state index contributed by atoms with van der Waals surface area (Å²) in [7, 11) is -2.33. The lowest BCUT2D eigenvalue weighted by Gasteiger charge is -2.20. The van der Waals surface area contributed by atoms with Crippen LogP contribution in [0.3, 0.4) is 0 Å². The molecule has 3 aromatic carbocycles. The fourth-order valence-electron chi connectivity index (χ4n) is 2.67. The van der Waals surface area contributed by atoms with Crippen molar-refractivity contribution in [3.05, 3.63) is 88.5 Å². The van der Waals surface area contributed by atoms with Crippen LogP contribution in [-0.4, -0.2) is 20.4 Å². The Kier molecular flexibility index (Phi) is 5.47. The Morgan fingerprint density at radius 3 is 2.41 bits per heavy atom. The molecular formula is C20H16N4O4S. The number of nitriles is 1. The van der Waals surface area contributed by atoms with E-state index in [4.69, 9.17) is 0 Å². The SMILES string of the molecule is CN(c1ccccc1)S(=O)(=O)c1cccc(Nc2ccc([N+](=O)[O-])cc2C#N)c1. The van der Waals surface area contributed by atoms with Gasteiger partial charge in [0.15, 0.2) is 0 Å². The Hall–Kier alpha value is -3.90. The largest absolute Gasteiger partial charge is 0.354 e. The fourth-order valence-corrected chi connectivity index (χ4v) is 3.91. The number of nitrogens with zero attached hydrogens (tertiary/aromatic N) is 3. The van der Waals surface area contributed by atoms with Crippen LogP contribution in [0.1, 0.15) is 5.56 Å². The highest BCUT2D eigenvalue weighted by atomic mass is 32.2. The minimum atomic E-state index is -3.80. The maximum absolute atomic E-state index is 13.0. The second kappa shape index (κ2) is 8.00. The Bertz CT molecular complexity index is 1200. The monoisotopic (exact) mass is 408 g/mol. The summed E-state index contributed by atoms with van der Waals surface area (Å²) >= 11 is 0. The first-order valence-corrected chi connectivity index (χ1v) is 9.86. The van der Waals surface area contributed by atoms with Gasteiger partial charge in [-0.15, -0.1) is 0 Å². The van der Waals surface area contributed by atoms with Gasteiger partial charge >= 0.3 is 0 Å². The lowest BCUT2D eigenvalue weighted by atomic mass is 10.1. The molecule has 146 valence electrons. The highest BCUT2D eigenvalue weighted by Gasteiger charge is 2.21. The van der Waals surface area contributed by atoms with E-state index < -0.39 is 14.9 Å². The Morgan fingerprint density at radius 2 is 1.76 bits per heavy atom. The summed E-state index contributed by atoms with van der Waals surface area (Å²) in [6, 6.07) is 20.5. The summed E-state index contributed by atoms with van der Waals surface area (Å²) in [6.45, 7) is 0. The second-order valence-electron chi connectivity index (χ2n) is 6.06. The molecule has 0 fully saturated rings. The maximum atomic E-state index is 13.0. The molecule has 0 aromatic heterocycles. The van der Waals surface area contributed by atoms with Crippen molar-refractivity contribution in [2.45, 2.75) is 4.90 Å². The molecule has 1 N–H and O–H groups in total. The lowest BCUT2D eigenvalue weighted by molar-refractivity contribution is -0.384. The zero-order valence-electron chi connectivity index (χ0n) is 15.3. The summed E-state index contributed by atoms with van der Waals surface area (Å²) in [5.74, 6) is 0. The average molecular weight is 408 g/mol. The molecule has 0 heterocycles. The van der Waals surface area contributed by atoms with Crippen molar-refractivity contribution in [1.29, 1.82) is 5.26 Å². The number of benzene rings is 3. The van der Waals surface area contributed by atoms with E-state index in [0.717, 1.165) is 6.07 Å². The minimum absolute atomic E-state index is 0.0641. The van der Waals surface area contributed by atoms with Gasteiger partial charge in [0.25, 0.3) is 15.7 Å². The van der Waals surface area contributed by atoms with Gasteiger partial charge in [0.1, 0.15) is 6.07 Å². The van der Waals surface area contributed by atoms with Crippen molar-refractivity contribution in [2.24, 2.45) is 0 Å². The molecule has 29 heavy (non-hydrogen) atoms. The van der Waals surface area contributed by atoms with E-state index in [-0.39, 0.29) is 16.1 Å². The van der Waals surface area contributed by atoms with E-state index in [1.165, 1.54) is 35.6 Å². The van der Waals surface area contributed by atoms with Crippen LogP contribution in [-0.2, 0) is 10.0 Å². The second-order valence-corrected chi connectivity index (χ2v) is 8.03. The van der Waals surface area contributed by atoms with Crippen molar-refractivity contribution in [3.8, 4) is 6.07 Å². The normalized spacial score (nSPS) is 10.8. The third-order valence-corrected chi connectivity index (χ3v) is 6.01. The smallest absolute Gasteiger partial charge is 0.270 e. The van der Waals surface area contributed by atoms with Crippen LogP contribution in [0.25, 0.3) is 0 Å². The van der Waals surface area contributed by atoms with Gasteiger partial charge in [0, 0.05) is 24.9 Å². The molecule has 0 saturated carbocycles. The van der Waals surface area contributed by atoms with Crippen molar-refractivity contribution >= 4 is 32.8 Å². The summed E-state index contributed by atoms with van der Waals surface area (Å²) in [5, 5.41) is 23.1. The van der Waals surface area contributed by atoms with Crippen molar-refractivity contribution in [3.63, 3.8) is 0 Å². The molecule has 9 heteroatoms. The average Bonchev–Trinajstić information content (AvgIpc) is 2.74. The van der Waals surface area contributed by atoms with E-state index in [0.29, 0.717) is 17.1 Å². The number of hydrogen-bond donors (Lipinski definition) is 1. The molecule has 0 aliphatic heterocycles. The summed E-state index contributed by atoms with van der Waals surface area (Å²) in [5.41, 5.74) is 1.16. The molecule has 8 nitrogen and oxygen atoms in total. The van der Waals surface area contributed by atoms with Crippen molar-refractivity contribution < 1.29 is 13.3 Å². The number of nitro groups is 1. The number of para-hydroxylation sites is 1. The van der Waals surface area contributed by atoms with E-state index in [9.17, 15) is 23.8 Å². The van der Waals surface area contributed by atoms with Crippen LogP contribution in [0.4, 0.5) is 22.7 Å². The van der Waals surface area contributed by atoms with Gasteiger partial charge in [-0.25, -0.2) is 8.42 Å². The number of nitrogens with one attached hydrogen (secondary N) is 1. The number of sulfonamides is 1. The first-order chi connectivity index (χ1) is 13.8. The van der Waals surface area contributed by atoms with Crippen molar-refractivity contribution in [1.82, 2.24) is 0 Å². The number of non-ortho nitro benzene ring substituents is 1. The Balaban J connectivity index is 1.93. The first kappa shape index (κ1) is 19.9. The predicted octanol–water partition coefficient (Wildman–Crippen LogP) is 4.04. The van der Waals surface area contributed by atoms with Crippen LogP contribution in [0.15, 0.2) is 77.7 Å². The molecular weight excluding hydrogens is 392 g/mol. The third kappa shape index (κ3) is 4.17. The van der Waals surface area contributed by atoms with Gasteiger partial charge in [0.05, 0.1) is 26.8 Å². The Labute approximate surface area is 167 Å². The molecule has 0 bridgehead atoms. The Morgan fingerprint density at radius 1 is 1.03 bits per heavy atom. The van der Waals surface area contributed by atoms with E-state index in [1.807, 2.05) is 6.07 Å². The standard InChI is InChI=1S/C20H16N4O4S/c1-23(17-7-3-2-4-8-17)29(27,28)19-9-5-6-16(13-19)22-20-11-10-18(24(25)26)12-15(20)14-21/h2-13,22H,1H3. The van der Waals surface area contributed by atoms with Crippen molar-refractivity contribution in [2.75, 3.05) is 16.7 Å². The summed E-state index contributed by atoms with van der Waals surface area (Å²) in [4.78, 5) is 10.4. The molecule has 0 spiro atoms. The van der Waals surface area contributed by atoms with Crippen LogP contribution >= 0.6 is 0 Å². The summed E-state index contributed by atoms with van der Waals surface area (Å²) in [6.07, 6.45) is 0. The number of nitro benzene ring substituents is 1. The number of hydrogen-bond acceptors (Lipinski definition) is 6. The van der Waals surface area contributed by atoms with Crippen LogP contribution in [0.5, 0.6) is 0 Å². The third-order valence-electron chi connectivity index (χ3n) is 4.23. The van der Waals surface area contributed by atoms with E-state index in [1.54, 1.807) is 42.5 Å². The quantitative estimate of drug-likeness (QED) is 0.486. The topological polar surface area (TPSA) is 116 Å². The van der Waals surface area contributed by atoms with Gasteiger partial charge in [-0.05, 0) is 36.4 Å². The first-order valence-electron chi connectivity index (χ1n) is 8.42. The number of anilines is 3. The van der Waals surface area contributed by atoms with Crippen LogP contribution in [0, 0.1) is 21.4 Å². The van der Waals surface area contributed by atoms with Crippen LogP contribution in [0.2, 0.25) is 0 Å². The molecule has 0 radical (unpaired) electrons. The minimum Gasteiger partial charge on any atom is -0.354 e. The van der Waals surface area contributed by atoms with Gasteiger partial charge < -0.3 is 5.32 Å². The molecule has 0 saturated heterocycles. The molecule has 0 aliphatic carbocycles.